The van der Waals surface area contributed by atoms with Crippen molar-refractivity contribution in [3.63, 3.8) is 0 Å². The number of hydrogen-bond donors (Lipinski definition) is 6. The molecular weight excluding hydrogens is 895 g/mol. The number of ether oxygens (including phenoxy) is 3. The number of carbonyl (C=O) groups is 2. The monoisotopic (exact) mass is 998 g/mol. The molecule has 0 aromatic heterocycles. The molecule has 408 valence electrons. The Hall–Kier alpha value is -3.16. The zero-order valence-electron chi connectivity index (χ0n) is 44.8. The molecule has 0 saturated carbocycles. The van der Waals surface area contributed by atoms with E-state index in [0.717, 1.165) is 83.5 Å². The smallest absolute Gasteiger partial charge is 0.306 e. The van der Waals surface area contributed by atoms with Crippen LogP contribution in [0.5, 0.6) is 0 Å². The normalized spacial score (nSPS) is 20.3. The third-order valence-corrected chi connectivity index (χ3v) is 12.8. The molecule has 6 N–H and O–H groups in total. The largest absolute Gasteiger partial charge is 0.454 e. The van der Waals surface area contributed by atoms with Crippen LogP contribution in [0.25, 0.3) is 0 Å². The molecule has 11 heteroatoms. The zero-order valence-corrected chi connectivity index (χ0v) is 44.8. The SMILES string of the molecule is CC/C=C\C/C=C\C/C=C\C/C=C\C/C=C\C/C=C\CCCC(O)C(=O)NC(COC1OC(CO)C(O)C(O)C1OC(=O)CCCCCCCCCCCCC)C(O)/C=C/CCCCCCCCCCC. The Labute approximate surface area is 432 Å². The van der Waals surface area contributed by atoms with E-state index in [-0.39, 0.29) is 19.4 Å². The summed E-state index contributed by atoms with van der Waals surface area (Å²) in [6.45, 7) is 5.60. The molecule has 1 heterocycles. The first kappa shape index (κ1) is 65.9. The lowest BCUT2D eigenvalue weighted by Crippen LogP contribution is -2.61. The lowest BCUT2D eigenvalue weighted by atomic mass is 9.99. The van der Waals surface area contributed by atoms with Crippen molar-refractivity contribution in [3.8, 4) is 0 Å². The van der Waals surface area contributed by atoms with Crippen LogP contribution in [0, 0.1) is 0 Å². The molecule has 0 radical (unpaired) electrons. The molecular formula is C60H103NO10. The molecule has 11 nitrogen and oxygen atoms in total. The van der Waals surface area contributed by atoms with Gasteiger partial charge in [0.25, 0.3) is 0 Å². The first-order valence-corrected chi connectivity index (χ1v) is 28.4. The first-order chi connectivity index (χ1) is 34.7. The minimum Gasteiger partial charge on any atom is -0.454 e. The van der Waals surface area contributed by atoms with Crippen LogP contribution in [0.2, 0.25) is 0 Å². The summed E-state index contributed by atoms with van der Waals surface area (Å²) in [5.41, 5.74) is 0. The van der Waals surface area contributed by atoms with E-state index >= 15 is 0 Å². The van der Waals surface area contributed by atoms with Gasteiger partial charge in [-0.1, -0.05) is 221 Å². The molecule has 1 rings (SSSR count). The second-order valence-electron chi connectivity index (χ2n) is 19.3. The van der Waals surface area contributed by atoms with Crippen LogP contribution in [0.4, 0.5) is 0 Å². The van der Waals surface area contributed by atoms with Crippen LogP contribution < -0.4 is 5.32 Å². The molecule has 0 aromatic rings. The fraction of sp³-hybridized carbons (Fsp3) is 0.733. The van der Waals surface area contributed by atoms with Crippen LogP contribution in [-0.2, 0) is 23.8 Å². The first-order valence-electron chi connectivity index (χ1n) is 28.4. The van der Waals surface area contributed by atoms with Crippen LogP contribution in [0.3, 0.4) is 0 Å². The maximum atomic E-state index is 13.4. The van der Waals surface area contributed by atoms with Gasteiger partial charge >= 0.3 is 5.97 Å². The van der Waals surface area contributed by atoms with Crippen LogP contribution in [0.1, 0.15) is 220 Å². The summed E-state index contributed by atoms with van der Waals surface area (Å²) < 4.78 is 17.5. The number of aliphatic hydroxyl groups excluding tert-OH is 5. The maximum Gasteiger partial charge on any atom is 0.306 e. The number of allylic oxidation sites excluding steroid dienone is 13. The number of carbonyl (C=O) groups excluding carboxylic acids is 2. The molecule has 1 aliphatic heterocycles. The van der Waals surface area contributed by atoms with Crippen molar-refractivity contribution in [1.29, 1.82) is 0 Å². The molecule has 1 saturated heterocycles. The Morgan fingerprint density at radius 2 is 1.01 bits per heavy atom. The van der Waals surface area contributed by atoms with Gasteiger partial charge in [0.2, 0.25) is 5.91 Å². The topological polar surface area (TPSA) is 175 Å². The van der Waals surface area contributed by atoms with E-state index < -0.39 is 67.4 Å². The number of rotatable bonds is 46. The summed E-state index contributed by atoms with van der Waals surface area (Å²) in [5.74, 6) is -1.25. The Bertz CT molecular complexity index is 1470. The molecule has 1 aliphatic rings. The quantitative estimate of drug-likeness (QED) is 0.0196. The second-order valence-corrected chi connectivity index (χ2v) is 19.3. The Morgan fingerprint density at radius 3 is 1.51 bits per heavy atom. The summed E-state index contributed by atoms with van der Waals surface area (Å²) >= 11 is 0. The molecule has 0 aromatic carbocycles. The average molecular weight is 998 g/mol. The van der Waals surface area contributed by atoms with E-state index in [1.165, 1.54) is 83.5 Å². The molecule has 0 spiro atoms. The van der Waals surface area contributed by atoms with Crippen molar-refractivity contribution in [1.82, 2.24) is 5.32 Å². The Kier molecular flexibility index (Phi) is 44.4. The van der Waals surface area contributed by atoms with Crippen molar-refractivity contribution in [2.75, 3.05) is 13.2 Å². The predicted molar refractivity (Wildman–Crippen MR) is 292 cm³/mol. The van der Waals surface area contributed by atoms with Crippen molar-refractivity contribution in [3.05, 3.63) is 85.1 Å². The van der Waals surface area contributed by atoms with Gasteiger partial charge in [-0.3, -0.25) is 9.59 Å². The van der Waals surface area contributed by atoms with Crippen LogP contribution >= 0.6 is 0 Å². The van der Waals surface area contributed by atoms with Crippen molar-refractivity contribution >= 4 is 11.9 Å². The van der Waals surface area contributed by atoms with Crippen molar-refractivity contribution in [2.45, 2.75) is 269 Å². The standard InChI is InChI=1S/C60H103NO10/c1-4-7-10-13-16-19-22-23-24-25-26-27-28-29-30-33-35-38-41-44-47-53(64)59(68)61-51(52(63)46-43-40-37-34-31-20-17-14-11-8-5-2)50-69-60-58(57(67)56(66)54(49-62)70-60)71-55(65)48-45-42-39-36-32-21-18-15-12-9-6-3/h7,10,16,19,23-24,26-27,29-30,35,38,43,46,51-54,56-58,60,62-64,66-67H,4-6,8-9,11-15,17-18,20-22,25,28,31-34,36-37,39-42,44-45,47-50H2,1-3H3,(H,61,68)/b10-7-,19-16-,24-23-,27-26-,30-29-,38-35-,46-43+. The highest BCUT2D eigenvalue weighted by molar-refractivity contribution is 5.80. The Morgan fingerprint density at radius 1 is 0.563 bits per heavy atom. The van der Waals surface area contributed by atoms with Crippen molar-refractivity contribution in [2.24, 2.45) is 0 Å². The highest BCUT2D eigenvalue weighted by Crippen LogP contribution is 2.26. The fourth-order valence-electron chi connectivity index (χ4n) is 8.31. The zero-order chi connectivity index (χ0) is 51.8. The number of aliphatic hydroxyl groups is 5. The van der Waals surface area contributed by atoms with E-state index in [9.17, 15) is 35.1 Å². The van der Waals surface area contributed by atoms with E-state index in [4.69, 9.17) is 14.2 Å². The molecule has 8 unspecified atom stereocenters. The minimum atomic E-state index is -1.62. The van der Waals surface area contributed by atoms with E-state index in [1.807, 2.05) is 12.2 Å². The number of hydrogen-bond acceptors (Lipinski definition) is 10. The fourth-order valence-corrected chi connectivity index (χ4v) is 8.31. The number of unbranched alkanes of at least 4 members (excludes halogenated alkanes) is 20. The molecule has 71 heavy (non-hydrogen) atoms. The Balaban J connectivity index is 2.76. The molecule has 1 amide bonds. The summed E-state index contributed by atoms with van der Waals surface area (Å²) in [5, 5.41) is 56.7. The predicted octanol–water partition coefficient (Wildman–Crippen LogP) is 12.6. The van der Waals surface area contributed by atoms with Gasteiger partial charge in [-0.05, 0) is 77.0 Å². The molecule has 1 fully saturated rings. The van der Waals surface area contributed by atoms with Crippen LogP contribution in [0.15, 0.2) is 85.1 Å². The van der Waals surface area contributed by atoms with Gasteiger partial charge in [0.05, 0.1) is 25.4 Å². The van der Waals surface area contributed by atoms with Gasteiger partial charge < -0.3 is 45.1 Å². The number of nitrogens with one attached hydrogen (secondary N) is 1. The second kappa shape index (κ2) is 47.8. The lowest BCUT2D eigenvalue weighted by molar-refractivity contribution is -0.305. The summed E-state index contributed by atoms with van der Waals surface area (Å²) in [6, 6.07) is -1.05. The number of amides is 1. The lowest BCUT2D eigenvalue weighted by Gasteiger charge is -2.41. The summed E-state index contributed by atoms with van der Waals surface area (Å²) in [6.07, 6.45) is 50.7. The molecule has 8 atom stereocenters. The van der Waals surface area contributed by atoms with Crippen molar-refractivity contribution < 1.29 is 49.3 Å². The third-order valence-electron chi connectivity index (χ3n) is 12.8. The van der Waals surface area contributed by atoms with Crippen LogP contribution in [-0.4, -0.2) is 99.6 Å². The summed E-state index contributed by atoms with van der Waals surface area (Å²) in [4.78, 5) is 26.4. The van der Waals surface area contributed by atoms with Gasteiger partial charge in [0.1, 0.15) is 24.4 Å². The average Bonchev–Trinajstić information content (AvgIpc) is 3.37. The summed E-state index contributed by atoms with van der Waals surface area (Å²) in [7, 11) is 0. The van der Waals surface area contributed by atoms with E-state index in [0.29, 0.717) is 19.3 Å². The van der Waals surface area contributed by atoms with Gasteiger partial charge in [0.15, 0.2) is 12.4 Å². The van der Waals surface area contributed by atoms with E-state index in [1.54, 1.807) is 6.08 Å². The maximum absolute atomic E-state index is 13.4. The highest BCUT2D eigenvalue weighted by atomic mass is 16.7. The van der Waals surface area contributed by atoms with Gasteiger partial charge in [-0.15, -0.1) is 0 Å². The van der Waals surface area contributed by atoms with Gasteiger partial charge in [0, 0.05) is 6.42 Å². The highest BCUT2D eigenvalue weighted by Gasteiger charge is 2.47. The van der Waals surface area contributed by atoms with Gasteiger partial charge in [-0.2, -0.15) is 0 Å². The van der Waals surface area contributed by atoms with E-state index in [2.05, 4.69) is 92.9 Å². The third kappa shape index (κ3) is 36.4. The molecule has 0 aliphatic carbocycles. The molecule has 0 bridgehead atoms. The minimum absolute atomic E-state index is 0.117. The van der Waals surface area contributed by atoms with Gasteiger partial charge in [-0.25, -0.2) is 0 Å². The number of esters is 1.